The van der Waals surface area contributed by atoms with Gasteiger partial charge in [0.05, 0.1) is 10.6 Å². The van der Waals surface area contributed by atoms with E-state index in [1.54, 1.807) is 6.92 Å². The van der Waals surface area contributed by atoms with Crippen LogP contribution in [-0.4, -0.2) is 8.42 Å². The summed E-state index contributed by atoms with van der Waals surface area (Å²) in [6, 6.07) is 8.19. The summed E-state index contributed by atoms with van der Waals surface area (Å²) in [6.45, 7) is 1.65. The first-order valence-electron chi connectivity index (χ1n) is 5.43. The fourth-order valence-corrected chi connectivity index (χ4v) is 2.64. The second kappa shape index (κ2) is 4.97. The second-order valence-corrected chi connectivity index (χ2v) is 5.70. The molecule has 2 aromatic rings. The van der Waals surface area contributed by atoms with Gasteiger partial charge in [-0.05, 0) is 48.9 Å². The third-order valence-electron chi connectivity index (χ3n) is 2.57. The summed E-state index contributed by atoms with van der Waals surface area (Å²) in [5, 5.41) is 0. The van der Waals surface area contributed by atoms with Gasteiger partial charge in [-0.15, -0.1) is 0 Å². The van der Waals surface area contributed by atoms with Crippen LogP contribution in [0, 0.1) is 18.6 Å². The lowest BCUT2D eigenvalue weighted by Gasteiger charge is -2.10. The number of halogens is 2. The molecule has 2 rings (SSSR count). The highest BCUT2D eigenvalue weighted by molar-refractivity contribution is 7.92. The Labute approximate surface area is 109 Å². The highest BCUT2D eigenvalue weighted by atomic mass is 32.2. The molecule has 0 aliphatic heterocycles. The first kappa shape index (κ1) is 13.5. The molecule has 0 saturated heterocycles. The monoisotopic (exact) mass is 283 g/mol. The van der Waals surface area contributed by atoms with Crippen molar-refractivity contribution in [3.63, 3.8) is 0 Å². The molecule has 3 nitrogen and oxygen atoms in total. The number of anilines is 1. The van der Waals surface area contributed by atoms with Crippen LogP contribution in [0.2, 0.25) is 0 Å². The van der Waals surface area contributed by atoms with Gasteiger partial charge in [0.2, 0.25) is 0 Å². The van der Waals surface area contributed by atoms with E-state index >= 15 is 0 Å². The molecule has 0 amide bonds. The zero-order valence-electron chi connectivity index (χ0n) is 10.0. The molecular formula is C13H11F2NO2S. The van der Waals surface area contributed by atoms with E-state index < -0.39 is 21.7 Å². The Kier molecular flexibility index (Phi) is 3.53. The Hall–Kier alpha value is -1.95. The van der Waals surface area contributed by atoms with E-state index in [0.29, 0.717) is 5.56 Å². The summed E-state index contributed by atoms with van der Waals surface area (Å²) < 4.78 is 52.2. The van der Waals surface area contributed by atoms with Crippen LogP contribution < -0.4 is 4.72 Å². The lowest BCUT2D eigenvalue weighted by atomic mass is 10.2. The number of rotatable bonds is 3. The lowest BCUT2D eigenvalue weighted by Crippen LogP contribution is -2.13. The van der Waals surface area contributed by atoms with E-state index in [4.69, 9.17) is 0 Å². The summed E-state index contributed by atoms with van der Waals surface area (Å²) in [6.07, 6.45) is 0. The van der Waals surface area contributed by atoms with Crippen LogP contribution in [0.5, 0.6) is 0 Å². The van der Waals surface area contributed by atoms with Crippen molar-refractivity contribution < 1.29 is 17.2 Å². The normalized spacial score (nSPS) is 11.3. The van der Waals surface area contributed by atoms with Gasteiger partial charge >= 0.3 is 0 Å². The van der Waals surface area contributed by atoms with Crippen LogP contribution in [0.3, 0.4) is 0 Å². The summed E-state index contributed by atoms with van der Waals surface area (Å²) in [7, 11) is -3.85. The highest BCUT2D eigenvalue weighted by Crippen LogP contribution is 2.20. The van der Waals surface area contributed by atoms with Gasteiger partial charge in [-0.25, -0.2) is 17.2 Å². The maximum atomic E-state index is 13.1. The van der Waals surface area contributed by atoms with Crippen molar-refractivity contribution in [2.45, 2.75) is 11.8 Å². The molecule has 0 fully saturated rings. The van der Waals surface area contributed by atoms with Gasteiger partial charge in [0.25, 0.3) is 10.0 Å². The fraction of sp³-hybridized carbons (Fsp3) is 0.0769. The van der Waals surface area contributed by atoms with E-state index in [-0.39, 0.29) is 10.6 Å². The Balaban J connectivity index is 2.36. The Bertz CT molecular complexity index is 697. The minimum Gasteiger partial charge on any atom is -0.279 e. The first-order valence-corrected chi connectivity index (χ1v) is 6.91. The molecular weight excluding hydrogens is 272 g/mol. The van der Waals surface area contributed by atoms with E-state index in [1.807, 2.05) is 0 Å². The van der Waals surface area contributed by atoms with E-state index in [9.17, 15) is 17.2 Å². The predicted octanol–water partition coefficient (Wildman–Crippen LogP) is 3.07. The predicted molar refractivity (Wildman–Crippen MR) is 68.3 cm³/mol. The highest BCUT2D eigenvalue weighted by Gasteiger charge is 2.15. The third kappa shape index (κ3) is 3.08. The molecule has 0 radical (unpaired) electrons. The molecule has 0 saturated carbocycles. The summed E-state index contributed by atoms with van der Waals surface area (Å²) in [5.74, 6) is -1.07. The smallest absolute Gasteiger partial charge is 0.261 e. The van der Waals surface area contributed by atoms with Crippen LogP contribution >= 0.6 is 0 Å². The van der Waals surface area contributed by atoms with Gasteiger partial charge in [-0.2, -0.15) is 0 Å². The van der Waals surface area contributed by atoms with Crippen LogP contribution in [0.1, 0.15) is 5.56 Å². The van der Waals surface area contributed by atoms with Crippen LogP contribution in [0.15, 0.2) is 47.4 Å². The molecule has 100 valence electrons. The first-order chi connectivity index (χ1) is 8.88. The number of hydrogen-bond donors (Lipinski definition) is 1. The van der Waals surface area contributed by atoms with Crippen molar-refractivity contribution in [1.82, 2.24) is 0 Å². The van der Waals surface area contributed by atoms with Crippen LogP contribution in [0.4, 0.5) is 14.5 Å². The molecule has 0 aliphatic rings. The van der Waals surface area contributed by atoms with Gasteiger partial charge in [0, 0.05) is 0 Å². The van der Waals surface area contributed by atoms with Gasteiger partial charge in [0.15, 0.2) is 0 Å². The van der Waals surface area contributed by atoms with Crippen molar-refractivity contribution in [3.05, 3.63) is 59.7 Å². The van der Waals surface area contributed by atoms with Crippen molar-refractivity contribution in [2.24, 2.45) is 0 Å². The molecule has 0 aliphatic carbocycles. The number of hydrogen-bond acceptors (Lipinski definition) is 2. The fourth-order valence-electron chi connectivity index (χ4n) is 1.52. The summed E-state index contributed by atoms with van der Waals surface area (Å²) in [5.41, 5.74) is 0.747. The zero-order valence-corrected chi connectivity index (χ0v) is 10.8. The Morgan fingerprint density at radius 1 is 0.947 bits per heavy atom. The largest absolute Gasteiger partial charge is 0.279 e. The number of aryl methyl sites for hydroxylation is 1. The quantitative estimate of drug-likeness (QED) is 0.941. The van der Waals surface area contributed by atoms with Crippen molar-refractivity contribution >= 4 is 15.7 Å². The minimum atomic E-state index is -3.85. The molecule has 0 unspecified atom stereocenters. The van der Waals surface area contributed by atoms with E-state index in [0.717, 1.165) is 30.3 Å². The van der Waals surface area contributed by atoms with Crippen molar-refractivity contribution in [1.29, 1.82) is 0 Å². The minimum absolute atomic E-state index is 0.0856. The van der Waals surface area contributed by atoms with E-state index in [2.05, 4.69) is 4.72 Å². The number of sulfonamides is 1. The molecule has 0 aromatic heterocycles. The maximum Gasteiger partial charge on any atom is 0.261 e. The zero-order chi connectivity index (χ0) is 14.0. The summed E-state index contributed by atoms with van der Waals surface area (Å²) in [4.78, 5) is -0.0856. The second-order valence-electron chi connectivity index (χ2n) is 4.02. The molecule has 2 aromatic carbocycles. The molecule has 0 bridgehead atoms. The lowest BCUT2D eigenvalue weighted by molar-refractivity contribution is 0.599. The van der Waals surface area contributed by atoms with Gasteiger partial charge in [0.1, 0.15) is 11.6 Å². The number of nitrogens with one attached hydrogen (secondary N) is 1. The Morgan fingerprint density at radius 2 is 1.53 bits per heavy atom. The van der Waals surface area contributed by atoms with Crippen LogP contribution in [0.25, 0.3) is 0 Å². The van der Waals surface area contributed by atoms with Gasteiger partial charge in [-0.1, -0.05) is 6.07 Å². The number of benzene rings is 2. The van der Waals surface area contributed by atoms with Gasteiger partial charge < -0.3 is 0 Å². The standard InChI is InChI=1S/C13H11F2NO2S/c1-9-2-3-11(15)8-13(9)16-19(17,18)12-6-4-10(14)5-7-12/h2-8,16H,1H3. The average Bonchev–Trinajstić information content (AvgIpc) is 2.34. The maximum absolute atomic E-state index is 13.1. The summed E-state index contributed by atoms with van der Waals surface area (Å²) >= 11 is 0. The molecule has 0 heterocycles. The molecule has 0 spiro atoms. The molecule has 19 heavy (non-hydrogen) atoms. The van der Waals surface area contributed by atoms with Crippen molar-refractivity contribution in [3.8, 4) is 0 Å². The van der Waals surface area contributed by atoms with E-state index in [1.165, 1.54) is 12.1 Å². The Morgan fingerprint density at radius 3 is 2.16 bits per heavy atom. The molecule has 1 N–H and O–H groups in total. The average molecular weight is 283 g/mol. The molecule has 0 atom stereocenters. The van der Waals surface area contributed by atoms with Gasteiger partial charge in [-0.3, -0.25) is 4.72 Å². The van der Waals surface area contributed by atoms with Crippen molar-refractivity contribution in [2.75, 3.05) is 4.72 Å². The third-order valence-corrected chi connectivity index (χ3v) is 3.95. The molecule has 6 heteroatoms. The SMILES string of the molecule is Cc1ccc(F)cc1NS(=O)(=O)c1ccc(F)cc1. The topological polar surface area (TPSA) is 46.2 Å². The van der Waals surface area contributed by atoms with Crippen LogP contribution in [-0.2, 0) is 10.0 Å².